The van der Waals surface area contributed by atoms with E-state index in [1.54, 1.807) is 24.4 Å². The first-order valence-electron chi connectivity index (χ1n) is 8.15. The fraction of sp³-hybridized carbons (Fsp3) is 0.250. The molecule has 2 aromatic heterocycles. The lowest BCUT2D eigenvalue weighted by Crippen LogP contribution is -2.23. The molecular weight excluding hydrogens is 314 g/mol. The molecule has 0 saturated carbocycles. The van der Waals surface area contributed by atoms with Crippen molar-refractivity contribution in [3.63, 3.8) is 0 Å². The third-order valence-electron chi connectivity index (χ3n) is 4.11. The van der Waals surface area contributed by atoms with E-state index in [4.69, 9.17) is 0 Å². The second-order valence-electron chi connectivity index (χ2n) is 7.19. The number of anilines is 1. The van der Waals surface area contributed by atoms with Crippen molar-refractivity contribution in [2.75, 3.05) is 5.32 Å². The number of aromatic nitrogens is 2. The Morgan fingerprint density at radius 3 is 2.40 bits per heavy atom. The van der Waals surface area contributed by atoms with Crippen molar-refractivity contribution in [1.29, 1.82) is 0 Å². The quantitative estimate of drug-likeness (QED) is 0.779. The summed E-state index contributed by atoms with van der Waals surface area (Å²) < 4.78 is 1.44. The standard InChI is InChI=1S/C20H21N3O2/c1-13-5-10-17-21-11-16(19(25)23(17)12-13)22-18(24)14-6-8-15(9-7-14)20(2,3)4/h5-12H,1-4H3,(H,22,24). The van der Waals surface area contributed by atoms with Gasteiger partial charge < -0.3 is 5.32 Å². The first-order valence-corrected chi connectivity index (χ1v) is 8.15. The number of hydrogen-bond acceptors (Lipinski definition) is 3. The highest BCUT2D eigenvalue weighted by Gasteiger charge is 2.15. The number of fused-ring (bicyclic) bond motifs is 1. The molecule has 3 rings (SSSR count). The number of nitrogens with one attached hydrogen (secondary N) is 1. The van der Waals surface area contributed by atoms with Crippen LogP contribution >= 0.6 is 0 Å². The Balaban J connectivity index is 1.89. The minimum Gasteiger partial charge on any atom is -0.316 e. The van der Waals surface area contributed by atoms with E-state index in [0.29, 0.717) is 11.2 Å². The van der Waals surface area contributed by atoms with E-state index in [1.807, 2.05) is 25.1 Å². The molecule has 128 valence electrons. The number of amides is 1. The predicted octanol–water partition coefficient (Wildman–Crippen LogP) is 3.55. The smallest absolute Gasteiger partial charge is 0.281 e. The SMILES string of the molecule is Cc1ccc2ncc(NC(=O)c3ccc(C(C)(C)C)cc3)c(=O)n2c1. The van der Waals surface area contributed by atoms with E-state index in [-0.39, 0.29) is 22.6 Å². The number of carbonyl (C=O) groups excluding carboxylic acids is 1. The molecule has 0 bridgehead atoms. The molecular formula is C20H21N3O2. The van der Waals surface area contributed by atoms with Gasteiger partial charge in [-0.3, -0.25) is 14.0 Å². The minimum absolute atomic E-state index is 0.0218. The molecule has 0 fully saturated rings. The van der Waals surface area contributed by atoms with Crippen LogP contribution in [0.2, 0.25) is 0 Å². The van der Waals surface area contributed by atoms with Gasteiger partial charge in [-0.25, -0.2) is 4.98 Å². The molecule has 3 aromatic rings. The van der Waals surface area contributed by atoms with Crippen molar-refractivity contribution in [3.8, 4) is 0 Å². The second kappa shape index (κ2) is 6.16. The molecule has 0 saturated heterocycles. The third kappa shape index (κ3) is 3.45. The molecule has 5 nitrogen and oxygen atoms in total. The maximum absolute atomic E-state index is 12.5. The van der Waals surface area contributed by atoms with Gasteiger partial charge in [0.05, 0.1) is 6.20 Å². The van der Waals surface area contributed by atoms with E-state index in [1.165, 1.54) is 10.6 Å². The van der Waals surface area contributed by atoms with Crippen molar-refractivity contribution in [2.24, 2.45) is 0 Å². The van der Waals surface area contributed by atoms with Gasteiger partial charge in [-0.1, -0.05) is 39.0 Å². The van der Waals surface area contributed by atoms with Crippen LogP contribution in [-0.2, 0) is 5.41 Å². The van der Waals surface area contributed by atoms with Crippen LogP contribution in [0.4, 0.5) is 5.69 Å². The fourth-order valence-corrected chi connectivity index (χ4v) is 2.58. The highest BCUT2D eigenvalue weighted by atomic mass is 16.2. The molecule has 0 unspecified atom stereocenters. The summed E-state index contributed by atoms with van der Waals surface area (Å²) in [5, 5.41) is 2.66. The molecule has 25 heavy (non-hydrogen) atoms. The van der Waals surface area contributed by atoms with Crippen LogP contribution in [0.5, 0.6) is 0 Å². The molecule has 0 aliphatic heterocycles. The van der Waals surface area contributed by atoms with Gasteiger partial charge in [0.1, 0.15) is 11.3 Å². The molecule has 2 heterocycles. The number of aryl methyl sites for hydroxylation is 1. The lowest BCUT2D eigenvalue weighted by atomic mass is 9.87. The summed E-state index contributed by atoms with van der Waals surface area (Å²) in [6, 6.07) is 11.1. The monoisotopic (exact) mass is 335 g/mol. The molecule has 1 amide bonds. The summed E-state index contributed by atoms with van der Waals surface area (Å²) in [6.07, 6.45) is 3.10. The van der Waals surface area contributed by atoms with E-state index < -0.39 is 0 Å². The summed E-state index contributed by atoms with van der Waals surface area (Å²) in [6.45, 7) is 8.25. The van der Waals surface area contributed by atoms with Crippen molar-refractivity contribution < 1.29 is 4.79 Å². The Bertz CT molecular complexity index is 996. The average Bonchev–Trinajstić information content (AvgIpc) is 2.57. The Morgan fingerprint density at radius 1 is 1.08 bits per heavy atom. The second-order valence-corrected chi connectivity index (χ2v) is 7.19. The molecule has 0 aliphatic rings. The van der Waals surface area contributed by atoms with Crippen LogP contribution in [0.3, 0.4) is 0 Å². The minimum atomic E-state index is -0.327. The molecule has 0 radical (unpaired) electrons. The predicted molar refractivity (Wildman–Crippen MR) is 99.3 cm³/mol. The number of carbonyl (C=O) groups is 1. The molecule has 5 heteroatoms. The van der Waals surface area contributed by atoms with Crippen LogP contribution in [0, 0.1) is 6.92 Å². The number of pyridine rings is 1. The Hall–Kier alpha value is -2.95. The zero-order valence-electron chi connectivity index (χ0n) is 14.8. The number of benzene rings is 1. The van der Waals surface area contributed by atoms with Gasteiger partial charge in [-0.15, -0.1) is 0 Å². The maximum Gasteiger partial charge on any atom is 0.281 e. The van der Waals surface area contributed by atoms with Gasteiger partial charge in [0.25, 0.3) is 11.5 Å². The van der Waals surface area contributed by atoms with Crippen LogP contribution in [0.15, 0.2) is 53.6 Å². The normalized spacial score (nSPS) is 11.5. The van der Waals surface area contributed by atoms with Crippen molar-refractivity contribution in [3.05, 3.63) is 75.8 Å². The number of rotatable bonds is 2. The van der Waals surface area contributed by atoms with Gasteiger partial charge in [0.15, 0.2) is 0 Å². The summed E-state index contributed by atoms with van der Waals surface area (Å²) in [4.78, 5) is 29.2. The molecule has 0 spiro atoms. The maximum atomic E-state index is 12.5. The van der Waals surface area contributed by atoms with E-state index in [0.717, 1.165) is 11.1 Å². The van der Waals surface area contributed by atoms with Crippen LogP contribution in [0.1, 0.15) is 42.3 Å². The number of hydrogen-bond donors (Lipinski definition) is 1. The zero-order chi connectivity index (χ0) is 18.2. The largest absolute Gasteiger partial charge is 0.316 e. The highest BCUT2D eigenvalue weighted by molar-refractivity contribution is 6.04. The summed E-state index contributed by atoms with van der Waals surface area (Å²) >= 11 is 0. The summed E-state index contributed by atoms with van der Waals surface area (Å²) in [5.74, 6) is -0.327. The average molecular weight is 335 g/mol. The molecule has 0 atom stereocenters. The lowest BCUT2D eigenvalue weighted by Gasteiger charge is -2.19. The zero-order valence-corrected chi connectivity index (χ0v) is 14.8. The molecule has 0 aliphatic carbocycles. The highest BCUT2D eigenvalue weighted by Crippen LogP contribution is 2.22. The van der Waals surface area contributed by atoms with Gasteiger partial charge in [0, 0.05) is 11.8 Å². The first kappa shape index (κ1) is 16.9. The number of nitrogens with zero attached hydrogens (tertiary/aromatic N) is 2. The summed E-state index contributed by atoms with van der Waals surface area (Å²) in [7, 11) is 0. The van der Waals surface area contributed by atoms with Gasteiger partial charge >= 0.3 is 0 Å². The van der Waals surface area contributed by atoms with Crippen LogP contribution in [0.25, 0.3) is 5.65 Å². The molecule has 1 N–H and O–H groups in total. The van der Waals surface area contributed by atoms with Crippen molar-refractivity contribution >= 4 is 17.2 Å². The molecule has 1 aromatic carbocycles. The van der Waals surface area contributed by atoms with Gasteiger partial charge in [-0.05, 0) is 41.7 Å². The van der Waals surface area contributed by atoms with Crippen LogP contribution in [-0.4, -0.2) is 15.3 Å². The third-order valence-corrected chi connectivity index (χ3v) is 4.11. The van der Waals surface area contributed by atoms with Crippen molar-refractivity contribution in [2.45, 2.75) is 33.1 Å². The first-order chi connectivity index (χ1) is 11.8. The Labute approximate surface area is 146 Å². The van der Waals surface area contributed by atoms with E-state index in [9.17, 15) is 9.59 Å². The van der Waals surface area contributed by atoms with Crippen LogP contribution < -0.4 is 10.9 Å². The van der Waals surface area contributed by atoms with E-state index in [2.05, 4.69) is 31.1 Å². The fourth-order valence-electron chi connectivity index (χ4n) is 2.58. The van der Waals surface area contributed by atoms with E-state index >= 15 is 0 Å². The topological polar surface area (TPSA) is 63.5 Å². The van der Waals surface area contributed by atoms with Gasteiger partial charge in [0.2, 0.25) is 0 Å². The van der Waals surface area contributed by atoms with Crippen molar-refractivity contribution in [1.82, 2.24) is 9.38 Å². The lowest BCUT2D eigenvalue weighted by molar-refractivity contribution is 0.102. The summed E-state index contributed by atoms with van der Waals surface area (Å²) in [5.41, 5.74) is 3.02. The van der Waals surface area contributed by atoms with Gasteiger partial charge in [-0.2, -0.15) is 0 Å². The Kier molecular flexibility index (Phi) is 4.17. The Morgan fingerprint density at radius 2 is 1.76 bits per heavy atom.